The van der Waals surface area contributed by atoms with Crippen LogP contribution in [0, 0.1) is 85.8 Å². The summed E-state index contributed by atoms with van der Waals surface area (Å²) in [6.45, 7) is 20.0. The SMILES string of the molecule is Cc1cc(C)n(-c2[c-]cccc2)n1.Fc1c[c-]c(-c2ccccn2)cc1.[C-]#N.[C-]#N.[CH-]=O.[CH-]=O.[Cl][Ir+2].[Ir+3].[Ir].[Ir].[Ir].[Ir].[c-]1ccccc1-c1ccccn1.[c-]1ccccc1-c1ccccn1.[c-]1ccccc1-n1cccn1.[c-]1ccccc1-n1cccn1.[c-]1ccccc1-n1cncn1.c1ccncc1. The molecule has 104 heavy (non-hydrogen) atoms. The molecule has 8 aromatic heterocycles. The van der Waals surface area contributed by atoms with Gasteiger partial charge in [-0.2, -0.15) is 117 Å². The number of benzene rings is 7. The minimum Gasteiger partial charge on any atom is -0.305 e. The summed E-state index contributed by atoms with van der Waals surface area (Å²) < 4.78 is 19.7. The third-order valence-corrected chi connectivity index (χ3v) is 11.8. The number of rotatable bonds is 7. The Morgan fingerprint density at radius 1 is 0.404 bits per heavy atom. The molecule has 0 amide bonds. The molecule has 7 aromatic carbocycles. The van der Waals surface area contributed by atoms with Gasteiger partial charge in [-0.05, 0) is 102 Å². The monoisotopic (exact) mass is 2460 g/mol. The van der Waals surface area contributed by atoms with E-state index in [1.54, 1.807) is 69.8 Å². The van der Waals surface area contributed by atoms with Crippen LogP contribution < -0.4 is 0 Å². The number of hydrogen-bond acceptors (Lipinski definition) is 13. The van der Waals surface area contributed by atoms with E-state index in [4.69, 9.17) is 33.3 Å². The van der Waals surface area contributed by atoms with E-state index in [-0.39, 0.29) is 106 Å². The fraction of sp³-hybridized carbons (Fsp3) is 0.0253. The van der Waals surface area contributed by atoms with Gasteiger partial charge in [0, 0.05) is 148 Å². The van der Waals surface area contributed by atoms with E-state index in [9.17, 15) is 4.39 Å². The second kappa shape index (κ2) is 65.4. The maximum Gasteiger partial charge on any atom is 3.00 e. The largest absolute Gasteiger partial charge is 3.00 e. The molecule has 0 spiro atoms. The van der Waals surface area contributed by atoms with Gasteiger partial charge in [-0.25, -0.2) is 9.67 Å². The van der Waals surface area contributed by atoms with Crippen molar-refractivity contribution in [3.8, 4) is 56.5 Å². The summed E-state index contributed by atoms with van der Waals surface area (Å²) in [6, 6.07) is 101. The molecule has 0 aliphatic heterocycles. The van der Waals surface area contributed by atoms with Crippen LogP contribution >= 0.6 is 9.58 Å². The van der Waals surface area contributed by atoms with Gasteiger partial charge in [0.15, 0.2) is 0 Å². The van der Waals surface area contributed by atoms with Crippen LogP contribution in [-0.4, -0.2) is 77.6 Å². The fourth-order valence-electron chi connectivity index (χ4n) is 7.67. The Hall–Kier alpha value is -9.65. The Morgan fingerprint density at radius 2 is 0.769 bits per heavy atom. The van der Waals surface area contributed by atoms with Crippen LogP contribution in [0.4, 0.5) is 4.39 Å². The zero-order chi connectivity index (χ0) is 71.6. The molecule has 25 heteroatoms. The van der Waals surface area contributed by atoms with Gasteiger partial charge in [-0.15, -0.1) is 126 Å². The summed E-state index contributed by atoms with van der Waals surface area (Å²) in [7, 11) is 4.64. The number of aryl methyl sites for hydroxylation is 2. The molecule has 0 fully saturated rings. The third-order valence-electron chi connectivity index (χ3n) is 11.8. The molecule has 0 atom stereocenters. The van der Waals surface area contributed by atoms with Crippen LogP contribution in [0.3, 0.4) is 0 Å². The predicted octanol–water partition coefficient (Wildman–Crippen LogP) is 15.9. The molecule has 538 valence electrons. The van der Waals surface area contributed by atoms with Crippen LogP contribution in [-0.2, 0) is 128 Å². The molecular weight excluding hydrogens is 2400 g/mol. The Kier molecular flexibility index (Phi) is 61.9. The molecule has 17 nitrogen and oxygen atoms in total. The minimum absolute atomic E-state index is 0. The van der Waals surface area contributed by atoms with Crippen molar-refractivity contribution in [2.45, 2.75) is 13.8 Å². The van der Waals surface area contributed by atoms with Gasteiger partial charge in [0.2, 0.25) is 0 Å². The van der Waals surface area contributed by atoms with Crippen LogP contribution in [0.1, 0.15) is 11.4 Å². The van der Waals surface area contributed by atoms with E-state index in [1.807, 2.05) is 261 Å². The van der Waals surface area contributed by atoms with Crippen molar-refractivity contribution in [2.75, 3.05) is 0 Å². The number of halogens is 2. The molecule has 0 aliphatic rings. The number of pyridine rings is 4. The van der Waals surface area contributed by atoms with E-state index >= 15 is 0 Å². The first-order valence-electron chi connectivity index (χ1n) is 29.0. The van der Waals surface area contributed by atoms with Crippen molar-refractivity contribution in [3.63, 3.8) is 0 Å². The quantitative estimate of drug-likeness (QED) is 0.107. The number of nitrogens with zero attached hydrogens (tertiary/aromatic N) is 15. The molecule has 0 aliphatic carbocycles. The average Bonchev–Trinajstić information content (AvgIpc) is 1.68. The molecule has 15 rings (SSSR count). The molecule has 0 unspecified atom stereocenters. The molecule has 0 saturated carbocycles. The average molecular weight is 2460 g/mol. The molecule has 4 radical (unpaired) electrons. The zero-order valence-electron chi connectivity index (χ0n) is 55.0. The van der Waals surface area contributed by atoms with E-state index in [1.165, 1.54) is 36.3 Å². The van der Waals surface area contributed by atoms with E-state index in [0.717, 1.165) is 67.9 Å². The molecule has 0 saturated heterocycles. The van der Waals surface area contributed by atoms with Crippen molar-refractivity contribution in [3.05, 3.63) is 396 Å². The topological polar surface area (TPSA) is 217 Å². The molecule has 0 bridgehead atoms. The van der Waals surface area contributed by atoms with Crippen LogP contribution in [0.2, 0.25) is 0 Å². The number of carbonyl (C=O) groups excluding carboxylic acids is 2. The van der Waals surface area contributed by atoms with E-state index in [2.05, 4.69) is 117 Å². The predicted molar refractivity (Wildman–Crippen MR) is 376 cm³/mol. The maximum atomic E-state index is 12.6. The summed E-state index contributed by atoms with van der Waals surface area (Å²) in [5.74, 6) is -0.278. The van der Waals surface area contributed by atoms with Gasteiger partial charge in [-0.3, -0.25) is 37.0 Å². The summed E-state index contributed by atoms with van der Waals surface area (Å²) in [6.07, 6.45) is 19.2. The Labute approximate surface area is 689 Å². The van der Waals surface area contributed by atoms with Crippen molar-refractivity contribution in [1.29, 1.82) is 10.5 Å². The van der Waals surface area contributed by atoms with Gasteiger partial charge < -0.3 is 48.2 Å². The molecule has 0 N–H and O–H groups in total. The summed E-state index contributed by atoms with van der Waals surface area (Å²) >= 11 is 1.47. The van der Waals surface area contributed by atoms with Gasteiger partial charge >= 0.3 is 47.6 Å². The van der Waals surface area contributed by atoms with E-state index in [0.29, 0.717) is 0 Å². The van der Waals surface area contributed by atoms with Gasteiger partial charge in [0.05, 0.1) is 5.69 Å². The standard InChI is InChI=1S/C11H7FN.C11H11N2.2C11H8N.2C9H7N2.C8H6N3.C5H5N.2CN.2CHO.ClH.6Ir/c12-10-6-4-9(5-7-10)11-3-1-2-8-13-11;1-9-8-10(2)13(12-9)11-6-4-3-5-7-11;2*1-2-6-10(7-3-1)11-8-4-5-9-12-11;2*1-2-5-9(6-3-1)11-8-4-7-10-11;1-2-4-8(5-3-1)11-7-9-6-10-11;1-2-4-6-5-3-1;4*1-2;;;;;;;/h1-4,6-8H;3-6,8H,1-2H3;2*1-6,8-9H;2*1-5,7-8H;1-4,6-7H;1-5H;;;2*1H;1H;;;;;;/q7*-1;;4*-1;;;;;;2*+3/p-1. The maximum absolute atomic E-state index is 12.6. The smallest absolute Gasteiger partial charge is 0.305 e. The number of para-hydroxylation sites is 4. The second-order valence-corrected chi connectivity index (χ2v) is 18.2. The Bertz CT molecular complexity index is 4000. The zero-order valence-corrected chi connectivity index (χ0v) is 70.2. The van der Waals surface area contributed by atoms with Crippen LogP contribution in [0.5, 0.6) is 0 Å². The first-order chi connectivity index (χ1) is 49.0. The normalized spacial score (nSPS) is 8.51. The van der Waals surface area contributed by atoms with Crippen molar-refractivity contribution in [2.24, 2.45) is 0 Å². The summed E-state index contributed by atoms with van der Waals surface area (Å²) in [5.41, 5.74) is 11.7. The minimum atomic E-state index is -0.278. The Balaban J connectivity index is -0.00000110. The molecule has 15 aromatic rings. The first-order valence-corrected chi connectivity index (χ1v) is 31.9. The fourth-order valence-corrected chi connectivity index (χ4v) is 7.67. The van der Waals surface area contributed by atoms with Crippen molar-refractivity contribution in [1.82, 2.24) is 64.0 Å². The molecule has 8 heterocycles. The van der Waals surface area contributed by atoms with Crippen LogP contribution in [0.15, 0.2) is 323 Å². The van der Waals surface area contributed by atoms with Gasteiger partial charge in [-0.1, -0.05) is 42.5 Å². The Morgan fingerprint density at radius 3 is 1.04 bits per heavy atom. The summed E-state index contributed by atoms with van der Waals surface area (Å²) in [4.78, 5) is 35.7. The van der Waals surface area contributed by atoms with Crippen molar-refractivity contribution >= 4 is 23.2 Å². The van der Waals surface area contributed by atoms with Gasteiger partial charge in [0.25, 0.3) is 0 Å². The summed E-state index contributed by atoms with van der Waals surface area (Å²) in [5, 5.41) is 29.0. The molecular formula is C79H61ClFIr6N15O2-6. The second-order valence-electron chi connectivity index (χ2n) is 18.2. The number of hydrogen-bond donors (Lipinski definition) is 0. The van der Waals surface area contributed by atoms with Gasteiger partial charge in [0.1, 0.15) is 12.7 Å². The third kappa shape index (κ3) is 39.7. The van der Waals surface area contributed by atoms with Crippen LogP contribution in [0.25, 0.3) is 56.5 Å². The number of aromatic nitrogens is 13. The van der Waals surface area contributed by atoms with E-state index < -0.39 is 0 Å². The first kappa shape index (κ1) is 98.5. The van der Waals surface area contributed by atoms with Crippen molar-refractivity contribution < 1.29 is 132 Å².